The predicted octanol–water partition coefficient (Wildman–Crippen LogP) is 2.28. The van der Waals surface area contributed by atoms with Crippen LogP contribution in [0.5, 0.6) is 0 Å². The number of carbonyl (C=O) groups is 1. The lowest BCUT2D eigenvalue weighted by molar-refractivity contribution is -0.130. The predicted molar refractivity (Wildman–Crippen MR) is 94.4 cm³/mol. The smallest absolute Gasteiger partial charge is 0.219 e. The number of benzene rings is 1. The Morgan fingerprint density at radius 1 is 1.29 bits per heavy atom. The number of amides is 1. The summed E-state index contributed by atoms with van der Waals surface area (Å²) in [4.78, 5) is 13.4. The molecule has 1 saturated heterocycles. The Bertz CT molecular complexity index is 667. The molecular formula is C19H26N4O. The summed E-state index contributed by atoms with van der Waals surface area (Å²) in [6.45, 7) is 7.19. The van der Waals surface area contributed by atoms with Crippen LogP contribution in [0.2, 0.25) is 0 Å². The number of carbonyl (C=O) groups excluding carboxylic acids is 1. The third kappa shape index (κ3) is 4.23. The first kappa shape index (κ1) is 16.7. The molecule has 0 bridgehead atoms. The Labute approximate surface area is 143 Å². The number of aromatic nitrogens is 2. The van der Waals surface area contributed by atoms with Gasteiger partial charge in [-0.15, -0.1) is 0 Å². The number of hydrogen-bond donors (Lipinski definition) is 1. The number of likely N-dealkylation sites (tertiary alicyclic amines) is 1. The Morgan fingerprint density at radius 3 is 2.79 bits per heavy atom. The molecule has 5 heteroatoms. The molecule has 128 valence electrons. The van der Waals surface area contributed by atoms with Crippen molar-refractivity contribution in [1.29, 1.82) is 0 Å². The monoisotopic (exact) mass is 326 g/mol. The molecule has 2 unspecified atom stereocenters. The summed E-state index contributed by atoms with van der Waals surface area (Å²) in [6.07, 6.45) is 5.06. The van der Waals surface area contributed by atoms with Gasteiger partial charge in [0.2, 0.25) is 5.91 Å². The second kappa shape index (κ2) is 7.62. The van der Waals surface area contributed by atoms with E-state index in [1.807, 2.05) is 21.8 Å². The summed E-state index contributed by atoms with van der Waals surface area (Å²) in [7, 11) is 0. The van der Waals surface area contributed by atoms with Crippen LogP contribution in [0.3, 0.4) is 0 Å². The van der Waals surface area contributed by atoms with E-state index in [0.717, 1.165) is 32.6 Å². The summed E-state index contributed by atoms with van der Waals surface area (Å²) in [6, 6.07) is 10.8. The van der Waals surface area contributed by atoms with Gasteiger partial charge in [0, 0.05) is 44.4 Å². The highest BCUT2D eigenvalue weighted by Crippen LogP contribution is 2.17. The van der Waals surface area contributed by atoms with Crippen molar-refractivity contribution >= 4 is 5.91 Å². The minimum absolute atomic E-state index is 0.183. The van der Waals surface area contributed by atoms with Crippen LogP contribution in [0.1, 0.15) is 31.4 Å². The Hall–Kier alpha value is -2.14. The molecule has 1 aromatic carbocycles. The van der Waals surface area contributed by atoms with Crippen molar-refractivity contribution in [2.45, 2.75) is 39.4 Å². The quantitative estimate of drug-likeness (QED) is 0.917. The fourth-order valence-corrected chi connectivity index (χ4v) is 3.34. The van der Waals surface area contributed by atoms with Gasteiger partial charge >= 0.3 is 0 Å². The van der Waals surface area contributed by atoms with Crippen molar-refractivity contribution in [2.75, 3.05) is 13.1 Å². The van der Waals surface area contributed by atoms with Crippen molar-refractivity contribution in [3.63, 3.8) is 0 Å². The topological polar surface area (TPSA) is 50.2 Å². The summed E-state index contributed by atoms with van der Waals surface area (Å²) >= 11 is 0. The molecule has 1 amide bonds. The van der Waals surface area contributed by atoms with Crippen molar-refractivity contribution in [3.8, 4) is 0 Å². The van der Waals surface area contributed by atoms with Crippen molar-refractivity contribution in [2.24, 2.45) is 5.92 Å². The zero-order chi connectivity index (χ0) is 16.9. The van der Waals surface area contributed by atoms with Gasteiger partial charge < -0.3 is 10.2 Å². The van der Waals surface area contributed by atoms with Crippen LogP contribution in [0, 0.1) is 5.92 Å². The number of nitrogens with one attached hydrogen (secondary N) is 1. The highest BCUT2D eigenvalue weighted by atomic mass is 16.2. The van der Waals surface area contributed by atoms with Gasteiger partial charge in [-0.25, -0.2) is 0 Å². The minimum atomic E-state index is 0.183. The standard InChI is InChI=1S/C19H26N4O/c1-15-12-22(16(2)24)9-8-19(15)20-10-18-11-21-23(14-18)13-17-6-4-3-5-7-17/h3-7,11,14-15,19-20H,8-10,12-13H2,1-2H3. The van der Waals surface area contributed by atoms with E-state index in [-0.39, 0.29) is 5.91 Å². The minimum Gasteiger partial charge on any atom is -0.343 e. The van der Waals surface area contributed by atoms with Crippen LogP contribution < -0.4 is 5.32 Å². The van der Waals surface area contributed by atoms with Gasteiger partial charge in [-0.2, -0.15) is 5.10 Å². The van der Waals surface area contributed by atoms with Crippen LogP contribution in [0.15, 0.2) is 42.7 Å². The lowest BCUT2D eigenvalue weighted by atomic mass is 9.93. The number of nitrogens with zero attached hydrogens (tertiary/aromatic N) is 3. The van der Waals surface area contributed by atoms with Crippen LogP contribution in [0.25, 0.3) is 0 Å². The van der Waals surface area contributed by atoms with E-state index in [1.54, 1.807) is 6.92 Å². The van der Waals surface area contributed by atoms with Gasteiger partial charge in [-0.1, -0.05) is 37.3 Å². The van der Waals surface area contributed by atoms with E-state index < -0.39 is 0 Å². The molecule has 0 radical (unpaired) electrons. The van der Waals surface area contributed by atoms with Gasteiger partial charge in [-0.05, 0) is 17.9 Å². The largest absolute Gasteiger partial charge is 0.343 e. The Kier molecular flexibility index (Phi) is 5.30. The van der Waals surface area contributed by atoms with Crippen LogP contribution in [-0.2, 0) is 17.9 Å². The number of rotatable bonds is 5. The third-order valence-electron chi connectivity index (χ3n) is 4.79. The summed E-state index contributed by atoms with van der Waals surface area (Å²) < 4.78 is 1.98. The normalized spacial score (nSPS) is 21.0. The van der Waals surface area contributed by atoms with E-state index in [9.17, 15) is 4.79 Å². The molecule has 3 rings (SSSR count). The Balaban J connectivity index is 1.50. The van der Waals surface area contributed by atoms with Crippen LogP contribution in [-0.4, -0.2) is 39.7 Å². The molecule has 1 aliphatic rings. The van der Waals surface area contributed by atoms with E-state index >= 15 is 0 Å². The zero-order valence-corrected chi connectivity index (χ0v) is 14.5. The first-order chi connectivity index (χ1) is 11.6. The van der Waals surface area contributed by atoms with Gasteiger partial charge in [-0.3, -0.25) is 9.48 Å². The molecule has 5 nitrogen and oxygen atoms in total. The lowest BCUT2D eigenvalue weighted by Gasteiger charge is -2.37. The fourth-order valence-electron chi connectivity index (χ4n) is 3.34. The zero-order valence-electron chi connectivity index (χ0n) is 14.5. The number of hydrogen-bond acceptors (Lipinski definition) is 3. The number of piperidine rings is 1. The van der Waals surface area contributed by atoms with Gasteiger partial charge in [0.15, 0.2) is 0 Å². The molecule has 24 heavy (non-hydrogen) atoms. The van der Waals surface area contributed by atoms with Gasteiger partial charge in [0.05, 0.1) is 12.7 Å². The molecule has 0 saturated carbocycles. The maximum atomic E-state index is 11.5. The van der Waals surface area contributed by atoms with Crippen molar-refractivity contribution in [3.05, 3.63) is 53.9 Å². The molecule has 0 spiro atoms. The third-order valence-corrected chi connectivity index (χ3v) is 4.79. The summed E-state index contributed by atoms with van der Waals surface area (Å²) in [5.74, 6) is 0.657. The van der Waals surface area contributed by atoms with Crippen molar-refractivity contribution < 1.29 is 4.79 Å². The average Bonchev–Trinajstić information content (AvgIpc) is 3.02. The second-order valence-corrected chi connectivity index (χ2v) is 6.75. The fraction of sp³-hybridized carbons (Fsp3) is 0.474. The average molecular weight is 326 g/mol. The molecule has 2 atom stereocenters. The molecule has 2 aromatic rings. The maximum absolute atomic E-state index is 11.5. The Morgan fingerprint density at radius 2 is 2.08 bits per heavy atom. The van der Waals surface area contributed by atoms with E-state index in [1.165, 1.54) is 11.1 Å². The summed E-state index contributed by atoms with van der Waals surface area (Å²) in [5, 5.41) is 8.09. The first-order valence-electron chi connectivity index (χ1n) is 8.66. The second-order valence-electron chi connectivity index (χ2n) is 6.75. The van der Waals surface area contributed by atoms with E-state index in [0.29, 0.717) is 12.0 Å². The molecule has 2 heterocycles. The molecule has 1 aromatic heterocycles. The molecule has 1 aliphatic heterocycles. The molecule has 1 fully saturated rings. The van der Waals surface area contributed by atoms with E-state index in [4.69, 9.17) is 0 Å². The maximum Gasteiger partial charge on any atom is 0.219 e. The lowest BCUT2D eigenvalue weighted by Crippen LogP contribution is -2.49. The highest BCUT2D eigenvalue weighted by molar-refractivity contribution is 5.73. The van der Waals surface area contributed by atoms with Gasteiger partial charge in [0.1, 0.15) is 0 Å². The van der Waals surface area contributed by atoms with E-state index in [2.05, 4.69) is 47.8 Å². The van der Waals surface area contributed by atoms with Crippen LogP contribution >= 0.6 is 0 Å². The summed E-state index contributed by atoms with van der Waals surface area (Å²) in [5.41, 5.74) is 2.46. The molecular weight excluding hydrogens is 300 g/mol. The SMILES string of the molecule is CC(=O)N1CCC(NCc2cnn(Cc3ccccc3)c2)C(C)C1. The molecule has 0 aliphatic carbocycles. The first-order valence-corrected chi connectivity index (χ1v) is 8.66. The van der Waals surface area contributed by atoms with Gasteiger partial charge in [0.25, 0.3) is 0 Å². The highest BCUT2D eigenvalue weighted by Gasteiger charge is 2.26. The van der Waals surface area contributed by atoms with Crippen molar-refractivity contribution in [1.82, 2.24) is 20.0 Å². The molecule has 1 N–H and O–H groups in total. The van der Waals surface area contributed by atoms with Crippen LogP contribution in [0.4, 0.5) is 0 Å².